The van der Waals surface area contributed by atoms with Crippen molar-refractivity contribution in [2.45, 2.75) is 32.4 Å². The Morgan fingerprint density at radius 1 is 1.55 bits per heavy atom. The third-order valence-electron chi connectivity index (χ3n) is 3.75. The van der Waals surface area contributed by atoms with Crippen molar-refractivity contribution in [3.8, 4) is 0 Å². The summed E-state index contributed by atoms with van der Waals surface area (Å²) in [5, 5.41) is 3.17. The van der Waals surface area contributed by atoms with Crippen molar-refractivity contribution in [1.82, 2.24) is 10.2 Å². The number of nitrogens with two attached hydrogens (primary N) is 1. The maximum atomic E-state index is 13.0. The molecule has 1 fully saturated rings. The van der Waals surface area contributed by atoms with Crippen LogP contribution in [-0.2, 0) is 6.54 Å². The van der Waals surface area contributed by atoms with Crippen LogP contribution in [0.5, 0.6) is 0 Å². The van der Waals surface area contributed by atoms with Crippen LogP contribution in [0, 0.1) is 5.82 Å². The number of nitrogens with zero attached hydrogens (tertiary/aromatic N) is 2. The average Bonchev–Trinajstić information content (AvgIpc) is 2.90. The first-order chi connectivity index (χ1) is 9.69. The summed E-state index contributed by atoms with van der Waals surface area (Å²) in [5.74, 6) is 0.186. The van der Waals surface area contributed by atoms with Crippen molar-refractivity contribution in [3.63, 3.8) is 0 Å². The second-order valence-corrected chi connectivity index (χ2v) is 5.14. The minimum Gasteiger partial charge on any atom is -0.370 e. The molecule has 0 saturated carbocycles. The van der Waals surface area contributed by atoms with E-state index in [-0.39, 0.29) is 5.82 Å². The molecule has 1 aliphatic rings. The quantitative estimate of drug-likeness (QED) is 0.637. The third kappa shape index (κ3) is 4.20. The number of hydrogen-bond acceptors (Lipinski definition) is 2. The number of nitrogens with one attached hydrogen (secondary N) is 1. The standard InChI is InChI=1S/C15H23FN4/c1-2-20-8-4-7-14(20)11-19-15(17)18-10-12-5-3-6-13(16)9-12/h3,5-6,9,14H,2,4,7-8,10-11H2,1H3,(H3,17,18,19). The summed E-state index contributed by atoms with van der Waals surface area (Å²) in [7, 11) is 0. The van der Waals surface area contributed by atoms with Crippen LogP contribution in [0.25, 0.3) is 0 Å². The fourth-order valence-electron chi connectivity index (χ4n) is 2.63. The topological polar surface area (TPSA) is 53.6 Å². The van der Waals surface area contributed by atoms with Crippen molar-refractivity contribution in [3.05, 3.63) is 35.6 Å². The van der Waals surface area contributed by atoms with Crippen LogP contribution < -0.4 is 11.1 Å². The van der Waals surface area contributed by atoms with Gasteiger partial charge in [-0.1, -0.05) is 19.1 Å². The maximum Gasteiger partial charge on any atom is 0.188 e. The average molecular weight is 278 g/mol. The van der Waals surface area contributed by atoms with E-state index in [1.807, 2.05) is 6.07 Å². The van der Waals surface area contributed by atoms with E-state index in [0.29, 0.717) is 18.5 Å². The summed E-state index contributed by atoms with van der Waals surface area (Å²) in [6, 6.07) is 6.97. The van der Waals surface area contributed by atoms with Crippen molar-refractivity contribution >= 4 is 5.96 Å². The Kier molecular flexibility index (Phi) is 5.35. The van der Waals surface area contributed by atoms with Crippen LogP contribution in [0.2, 0.25) is 0 Å². The summed E-state index contributed by atoms with van der Waals surface area (Å²) < 4.78 is 13.0. The van der Waals surface area contributed by atoms with Gasteiger partial charge in [-0.05, 0) is 43.6 Å². The number of hydrogen-bond donors (Lipinski definition) is 2. The van der Waals surface area contributed by atoms with Gasteiger partial charge in [-0.15, -0.1) is 0 Å². The lowest BCUT2D eigenvalue weighted by molar-refractivity contribution is 0.267. The van der Waals surface area contributed by atoms with Gasteiger partial charge in [0, 0.05) is 12.6 Å². The van der Waals surface area contributed by atoms with Crippen molar-refractivity contribution in [1.29, 1.82) is 0 Å². The molecule has 1 atom stereocenters. The molecule has 1 saturated heterocycles. The number of likely N-dealkylation sites (tertiary alicyclic amines) is 1. The highest BCUT2D eigenvalue weighted by Gasteiger charge is 2.22. The van der Waals surface area contributed by atoms with E-state index in [0.717, 1.165) is 18.7 Å². The zero-order valence-electron chi connectivity index (χ0n) is 12.0. The van der Waals surface area contributed by atoms with E-state index < -0.39 is 0 Å². The molecule has 0 bridgehead atoms. The van der Waals surface area contributed by atoms with Crippen LogP contribution in [0.15, 0.2) is 29.3 Å². The molecule has 0 spiro atoms. The number of halogens is 1. The smallest absolute Gasteiger partial charge is 0.188 e. The molecule has 4 nitrogen and oxygen atoms in total. The molecule has 3 N–H and O–H groups in total. The molecule has 0 aromatic heterocycles. The number of benzene rings is 1. The zero-order chi connectivity index (χ0) is 14.4. The third-order valence-corrected chi connectivity index (χ3v) is 3.75. The van der Waals surface area contributed by atoms with Crippen LogP contribution in [-0.4, -0.2) is 36.5 Å². The van der Waals surface area contributed by atoms with E-state index in [2.05, 4.69) is 22.1 Å². The van der Waals surface area contributed by atoms with Crippen molar-refractivity contribution in [2.24, 2.45) is 10.7 Å². The fourth-order valence-corrected chi connectivity index (χ4v) is 2.63. The Labute approximate surface area is 119 Å². The van der Waals surface area contributed by atoms with Gasteiger partial charge in [0.1, 0.15) is 5.82 Å². The fraction of sp³-hybridized carbons (Fsp3) is 0.533. The lowest BCUT2D eigenvalue weighted by atomic mass is 10.2. The van der Waals surface area contributed by atoms with E-state index >= 15 is 0 Å². The number of guanidine groups is 1. The Hall–Kier alpha value is -1.62. The largest absolute Gasteiger partial charge is 0.370 e. The zero-order valence-corrected chi connectivity index (χ0v) is 12.0. The van der Waals surface area contributed by atoms with E-state index in [1.165, 1.54) is 31.5 Å². The number of rotatable bonds is 5. The molecular formula is C15H23FN4. The lowest BCUT2D eigenvalue weighted by Gasteiger charge is -2.23. The summed E-state index contributed by atoms with van der Waals surface area (Å²) in [4.78, 5) is 6.70. The van der Waals surface area contributed by atoms with Crippen LogP contribution in [0.1, 0.15) is 25.3 Å². The van der Waals surface area contributed by atoms with Gasteiger partial charge in [0.05, 0.1) is 6.54 Å². The van der Waals surface area contributed by atoms with E-state index in [4.69, 9.17) is 5.73 Å². The Morgan fingerprint density at radius 3 is 3.15 bits per heavy atom. The van der Waals surface area contributed by atoms with Crippen molar-refractivity contribution < 1.29 is 4.39 Å². The predicted octanol–water partition coefficient (Wildman–Crippen LogP) is 1.71. The molecule has 20 heavy (non-hydrogen) atoms. The summed E-state index contributed by atoms with van der Waals surface area (Å²) >= 11 is 0. The van der Waals surface area contributed by atoms with Crippen LogP contribution in [0.4, 0.5) is 4.39 Å². The SMILES string of the molecule is CCN1CCCC1CNC(N)=NCc1cccc(F)c1. The Balaban J connectivity index is 1.79. The van der Waals surface area contributed by atoms with Crippen LogP contribution >= 0.6 is 0 Å². The predicted molar refractivity (Wildman–Crippen MR) is 80.0 cm³/mol. The van der Waals surface area contributed by atoms with Gasteiger partial charge >= 0.3 is 0 Å². The van der Waals surface area contributed by atoms with Gasteiger partial charge in [-0.3, -0.25) is 4.90 Å². The number of likely N-dealkylation sites (N-methyl/N-ethyl adjacent to an activating group) is 1. The molecule has 5 heteroatoms. The molecule has 1 aromatic carbocycles. The molecule has 1 unspecified atom stereocenters. The van der Waals surface area contributed by atoms with Gasteiger partial charge < -0.3 is 11.1 Å². The number of aliphatic imine (C=N–C) groups is 1. The first-order valence-electron chi connectivity index (χ1n) is 7.21. The highest BCUT2D eigenvalue weighted by molar-refractivity contribution is 5.77. The molecule has 0 amide bonds. The summed E-state index contributed by atoms with van der Waals surface area (Å²) in [6.07, 6.45) is 2.46. The lowest BCUT2D eigenvalue weighted by Crippen LogP contribution is -2.42. The molecule has 110 valence electrons. The molecule has 1 aromatic rings. The highest BCUT2D eigenvalue weighted by Crippen LogP contribution is 2.15. The Morgan fingerprint density at radius 2 is 2.40 bits per heavy atom. The molecule has 0 aliphatic carbocycles. The first-order valence-corrected chi connectivity index (χ1v) is 7.21. The summed E-state index contributed by atoms with van der Waals surface area (Å²) in [6.45, 7) is 5.65. The molecular weight excluding hydrogens is 255 g/mol. The Bertz CT molecular complexity index is 461. The minimum atomic E-state index is -0.242. The van der Waals surface area contributed by atoms with Gasteiger partial charge in [-0.25, -0.2) is 9.38 Å². The van der Waals surface area contributed by atoms with E-state index in [9.17, 15) is 4.39 Å². The maximum absolute atomic E-state index is 13.0. The normalized spacial score (nSPS) is 20.3. The van der Waals surface area contributed by atoms with Crippen LogP contribution in [0.3, 0.4) is 0 Å². The summed E-state index contributed by atoms with van der Waals surface area (Å²) in [5.41, 5.74) is 6.68. The van der Waals surface area contributed by atoms with Crippen molar-refractivity contribution in [2.75, 3.05) is 19.6 Å². The molecule has 2 rings (SSSR count). The minimum absolute atomic E-state index is 0.242. The first kappa shape index (κ1) is 14.8. The molecule has 0 radical (unpaired) electrons. The highest BCUT2D eigenvalue weighted by atomic mass is 19.1. The van der Waals surface area contributed by atoms with Gasteiger partial charge in [0.2, 0.25) is 0 Å². The molecule has 1 heterocycles. The second kappa shape index (κ2) is 7.24. The van der Waals surface area contributed by atoms with Gasteiger partial charge in [0.25, 0.3) is 0 Å². The monoisotopic (exact) mass is 278 g/mol. The van der Waals surface area contributed by atoms with Gasteiger partial charge in [0.15, 0.2) is 5.96 Å². The second-order valence-electron chi connectivity index (χ2n) is 5.14. The van der Waals surface area contributed by atoms with E-state index in [1.54, 1.807) is 6.07 Å². The van der Waals surface area contributed by atoms with Gasteiger partial charge in [-0.2, -0.15) is 0 Å². The molecule has 1 aliphatic heterocycles.